The van der Waals surface area contributed by atoms with E-state index in [9.17, 15) is 62.6 Å². The molecule has 0 saturated heterocycles. The van der Waals surface area contributed by atoms with Gasteiger partial charge in [0.25, 0.3) is 0 Å². The number of H-pyrrole nitrogens is 3. The first kappa shape index (κ1) is 102. The Morgan fingerprint density at radius 2 is 1.04 bits per heavy atom. The number of benzene rings is 6. The Kier molecular flexibility index (Phi) is 35.8. The molecule has 140 heavy (non-hydrogen) atoms. The third-order valence-corrected chi connectivity index (χ3v) is 24.2. The fraction of sp³-hybridized carbons (Fsp3) is 0.330. The Labute approximate surface area is 820 Å². The van der Waals surface area contributed by atoms with Gasteiger partial charge in [0.15, 0.2) is 23.3 Å². The van der Waals surface area contributed by atoms with Gasteiger partial charge in [0.1, 0.15) is 77.5 Å². The molecule has 38 nitrogen and oxygen atoms in total. The number of hydrogen-bond donors (Lipinski definition) is 15. The normalized spacial score (nSPS) is 13.1. The van der Waals surface area contributed by atoms with Crippen molar-refractivity contribution in [2.24, 2.45) is 17.4 Å². The number of nitrogens with zero attached hydrogens (tertiary/aromatic N) is 8. The van der Waals surface area contributed by atoms with Crippen LogP contribution in [0.2, 0.25) is 0 Å². The van der Waals surface area contributed by atoms with Crippen LogP contribution < -0.4 is 74.7 Å². The zero-order valence-electron chi connectivity index (χ0n) is 77.6. The van der Waals surface area contributed by atoms with E-state index in [1.54, 1.807) is 61.8 Å². The number of para-hydroxylation sites is 1. The van der Waals surface area contributed by atoms with E-state index >= 15 is 0 Å². The quantitative estimate of drug-likeness (QED) is 0.0120. The van der Waals surface area contributed by atoms with E-state index in [0.717, 1.165) is 60.7 Å². The number of imidazole rings is 1. The van der Waals surface area contributed by atoms with Gasteiger partial charge < -0.3 is 104 Å². The standard InChI is InChI=1S/C100H109N23O15S.Zn/c1-5-6-29-74(85(102)129)111-99(135)79(51-63-21-19-46-139-63)114-98(134)78(50-61-53-103-55-107-61)109-82(127)40-41-105-100(136)84(56(2)3)115-94(130)57(4)108-96(132)77(49-60-52-106-73-30-18-17-22-64(60)73)113-95(131)75(38-39-80(101)125)112-97(133)76(48-59-32-35-62(124)36-33-59)110-83(128)54-138-45-44-137-43-42-104-81(126)31-10-8-7-9-20-58-34-37-71-72(47-58)93-122-91-70-28-16-15-27-69(70)89(120-91)118-87-66-24-12-11-23-65(66)86(116-87)117-88-67-25-13-14-26-68(67)90(119-88)121-92(71)123-93;/h11-19,21-28,30,32-37,46-47,52-53,55-57,74-79,84,106H,5-8,10,29,31,38-45,48-51,54H2,1-4H3,(H18,101,102,103,104,105,107,108,109,110,111,112,113,114,115,116,117,118,119,120,121,122,123,124,125,126,127,128,129,130,131,132,133,134,135,136);/q;+2/p-2/t57-,74-,75-,76+,77-,78-,79-,84-;/m0./s1. The molecule has 6 aromatic heterocycles. The second-order valence-corrected chi connectivity index (χ2v) is 35.0. The molecule has 12 aromatic rings. The summed E-state index contributed by atoms with van der Waals surface area (Å²) in [6.45, 7) is 5.98. The summed E-state index contributed by atoms with van der Waals surface area (Å²) in [7, 11) is 0. The summed E-state index contributed by atoms with van der Waals surface area (Å²) >= 11 is 1.35. The minimum Gasteiger partial charge on any atom is -0.872 e. The Balaban J connectivity index is 0.0000165. The predicted molar refractivity (Wildman–Crippen MR) is 518 cm³/mol. The average Bonchev–Trinajstić information content (AvgIpc) is 1.60. The fourth-order valence-corrected chi connectivity index (χ4v) is 16.7. The predicted octanol–water partition coefficient (Wildman–Crippen LogP) is 5.87. The minimum absolute atomic E-state index is 0. The Morgan fingerprint density at radius 1 is 0.486 bits per heavy atom. The van der Waals surface area contributed by atoms with Crippen molar-refractivity contribution < 1.29 is 91.6 Å². The van der Waals surface area contributed by atoms with Crippen molar-refractivity contribution in [2.45, 2.75) is 166 Å². The molecule has 12 amide bonds. The Bertz CT molecular complexity index is 6750. The van der Waals surface area contributed by atoms with Gasteiger partial charge in [-0.15, -0.1) is 17.1 Å². The van der Waals surface area contributed by atoms with Crippen LogP contribution in [0.1, 0.15) is 119 Å². The molecule has 0 fully saturated rings. The maximum Gasteiger partial charge on any atom is 2.00 e. The summed E-state index contributed by atoms with van der Waals surface area (Å²) in [5.41, 5.74) is 19.5. The number of primary amides is 2. The van der Waals surface area contributed by atoms with E-state index in [0.29, 0.717) is 99.3 Å². The van der Waals surface area contributed by atoms with Crippen molar-refractivity contribution in [3.05, 3.63) is 203 Å². The van der Waals surface area contributed by atoms with Crippen molar-refractivity contribution in [2.75, 3.05) is 39.5 Å². The van der Waals surface area contributed by atoms with E-state index < -0.39 is 139 Å². The molecule has 40 heteroatoms. The Hall–Kier alpha value is -15.3. The number of carbonyl (C=O) groups is 12. The summed E-state index contributed by atoms with van der Waals surface area (Å²) in [6, 6.07) is 35.0. The van der Waals surface area contributed by atoms with Gasteiger partial charge >= 0.3 is 19.5 Å². The van der Waals surface area contributed by atoms with E-state index in [4.69, 9.17) is 50.8 Å². The van der Waals surface area contributed by atoms with Crippen LogP contribution in [0.3, 0.4) is 0 Å². The largest absolute Gasteiger partial charge is 2.00 e. The van der Waals surface area contributed by atoms with Gasteiger partial charge in [-0.05, 0) is 91.8 Å². The monoisotopic (exact) mass is 1970 g/mol. The average molecular weight is 1970 g/mol. The van der Waals surface area contributed by atoms with Gasteiger partial charge in [-0.2, -0.15) is 0 Å². The first-order valence-electron chi connectivity index (χ1n) is 45.9. The third-order valence-electron chi connectivity index (χ3n) is 23.3. The molecule has 0 saturated carbocycles. The molecule has 2 aliphatic rings. The van der Waals surface area contributed by atoms with Crippen LogP contribution in [0, 0.1) is 17.8 Å². The Morgan fingerprint density at radius 3 is 1.64 bits per heavy atom. The van der Waals surface area contributed by atoms with Gasteiger partial charge in [-0.3, -0.25) is 57.5 Å². The first-order valence-corrected chi connectivity index (χ1v) is 46.8. The topological polar surface area (TPSA) is 570 Å². The molecule has 0 radical (unpaired) electrons. The number of nitrogens with one attached hydrogen (secondary N) is 13. The van der Waals surface area contributed by atoms with Crippen LogP contribution >= 0.6 is 11.3 Å². The van der Waals surface area contributed by atoms with E-state index in [1.165, 1.54) is 55.1 Å². The third kappa shape index (κ3) is 27.4. The van der Waals surface area contributed by atoms with Crippen LogP contribution in [0.25, 0.3) is 101 Å². The second kappa shape index (κ2) is 49.1. The fourth-order valence-electron chi connectivity index (χ4n) is 16.0. The summed E-state index contributed by atoms with van der Waals surface area (Å²) in [4.78, 5) is 214. The van der Waals surface area contributed by atoms with Gasteiger partial charge in [0, 0.05) is 129 Å². The maximum absolute atomic E-state index is 14.7. The first-order chi connectivity index (χ1) is 67.3. The second-order valence-electron chi connectivity index (χ2n) is 34.0. The molecule has 0 unspecified atom stereocenters. The SMILES string of the molecule is CCCC[C@H](NC(=O)[C@H](Cc1cccs1)NC(=O)[C@H](Cc1cnc[n-]1)NC(=O)CCNC(=O)[C@@H](NC(=O)[C@H](C)NC(=O)[C@H](Cc1c[nH]c2ccccc12)NC(=O)[C@H](CCC(N)=O)NC(=O)[C@@H](Cc1ccc([O-])cc1)NC(=O)COCCOCCNC(=O)CCCCC#Cc1ccc2c(c1)-c1nc-2nc2[nH]c(nc3nc(nc4[nH]c(n1)c1ccccc41)-c1ccccc1-3)c1ccccc21)C(C)C)C(N)=O.[Zn+2]. The van der Waals surface area contributed by atoms with Crippen molar-refractivity contribution in [1.82, 2.24) is 108 Å². The smallest absolute Gasteiger partial charge is 0.872 e. The molecule has 17 N–H and O–H groups in total. The summed E-state index contributed by atoms with van der Waals surface area (Å²) in [5, 5.41) is 44.9. The van der Waals surface area contributed by atoms with Gasteiger partial charge in [0.05, 0.1) is 19.8 Å². The number of amides is 12. The maximum atomic E-state index is 14.7. The van der Waals surface area contributed by atoms with Crippen LogP contribution in [-0.2, 0) is 112 Å². The molecule has 0 spiro atoms. The zero-order chi connectivity index (χ0) is 98.0. The number of unbranched alkanes of at least 4 members (excludes halogenated alkanes) is 3. The molecule has 8 atom stereocenters. The van der Waals surface area contributed by atoms with E-state index in [-0.39, 0.29) is 109 Å². The molecular weight excluding hydrogens is 1860 g/mol. The number of fused-ring (bicyclic) bond motifs is 21. The number of thiophene rings is 1. The van der Waals surface area contributed by atoms with E-state index in [2.05, 4.69) is 89.9 Å². The summed E-state index contributed by atoms with van der Waals surface area (Å²) in [5.74, 6) is -1.37. The number of aromatic nitrogens is 11. The molecular formula is C100H107N23O15SZn. The van der Waals surface area contributed by atoms with Gasteiger partial charge in [-0.1, -0.05) is 185 Å². The van der Waals surface area contributed by atoms with Crippen LogP contribution in [0.15, 0.2) is 176 Å². The van der Waals surface area contributed by atoms with Crippen molar-refractivity contribution in [3.8, 4) is 63.1 Å². The van der Waals surface area contributed by atoms with Crippen molar-refractivity contribution >= 4 is 137 Å². The minimum atomic E-state index is -1.59. The van der Waals surface area contributed by atoms with Crippen molar-refractivity contribution in [3.63, 3.8) is 0 Å². The van der Waals surface area contributed by atoms with Gasteiger partial charge in [-0.25, -0.2) is 29.9 Å². The number of hydrogen-bond acceptors (Lipinski definition) is 23. The molecule has 720 valence electrons. The molecule has 2 aliphatic heterocycles. The summed E-state index contributed by atoms with van der Waals surface area (Å²) < 4.78 is 11.3. The number of aromatic amines is 3. The molecule has 8 bridgehead atoms. The molecule has 14 rings (SSSR count). The molecule has 8 heterocycles. The number of rotatable bonds is 46. The van der Waals surface area contributed by atoms with E-state index in [1.807, 2.05) is 97.9 Å². The van der Waals surface area contributed by atoms with Crippen molar-refractivity contribution in [1.29, 1.82) is 0 Å². The summed E-state index contributed by atoms with van der Waals surface area (Å²) in [6.07, 6.45) is 6.20. The number of ether oxygens (including phenoxy) is 2. The number of nitrogens with two attached hydrogens (primary N) is 2. The number of carbonyl (C=O) groups excluding carboxylic acids is 12. The van der Waals surface area contributed by atoms with Crippen LogP contribution in [0.5, 0.6) is 5.75 Å². The zero-order valence-corrected chi connectivity index (χ0v) is 81.3. The molecule has 0 aliphatic carbocycles. The van der Waals surface area contributed by atoms with Gasteiger partial charge in [0.2, 0.25) is 70.9 Å². The molecule has 6 aromatic carbocycles. The van der Waals surface area contributed by atoms with Crippen LogP contribution in [-0.4, -0.2) is 209 Å². The van der Waals surface area contributed by atoms with Crippen LogP contribution in [0.4, 0.5) is 0 Å².